The third kappa shape index (κ3) is 23.5. The Hall–Kier alpha value is -0.460. The summed E-state index contributed by atoms with van der Waals surface area (Å²) < 4.78 is 27.0. The van der Waals surface area contributed by atoms with Gasteiger partial charge in [-0.2, -0.15) is 0 Å². The molecule has 0 heterocycles. The van der Waals surface area contributed by atoms with Gasteiger partial charge in [-0.3, -0.25) is 0 Å². The van der Waals surface area contributed by atoms with E-state index in [-0.39, 0.29) is 0 Å². The van der Waals surface area contributed by atoms with E-state index in [1.54, 1.807) is 6.08 Å². The van der Waals surface area contributed by atoms with Gasteiger partial charge in [-0.25, -0.2) is 0 Å². The summed E-state index contributed by atoms with van der Waals surface area (Å²) in [5.74, 6) is 0. The minimum atomic E-state index is 0.569. The molecule has 0 saturated heterocycles. The van der Waals surface area contributed by atoms with Gasteiger partial charge in [-0.15, -0.1) is 6.58 Å². The summed E-state index contributed by atoms with van der Waals surface area (Å²) in [4.78, 5) is 0. The van der Waals surface area contributed by atoms with E-state index in [9.17, 15) is 0 Å². The lowest BCUT2D eigenvalue weighted by Crippen LogP contribution is -2.13. The van der Waals surface area contributed by atoms with Gasteiger partial charge >= 0.3 is 0 Å². The van der Waals surface area contributed by atoms with E-state index in [2.05, 4.69) is 13.5 Å². The molecule has 0 N–H and O–H groups in total. The molecule has 0 bridgehead atoms. The molecule has 0 aliphatic heterocycles. The van der Waals surface area contributed by atoms with E-state index in [4.69, 9.17) is 23.7 Å². The third-order valence-corrected chi connectivity index (χ3v) is 3.87. The van der Waals surface area contributed by atoms with Crippen LogP contribution >= 0.6 is 0 Å². The Morgan fingerprint density at radius 1 is 0.500 bits per heavy atom. The van der Waals surface area contributed by atoms with E-state index >= 15 is 0 Å². The van der Waals surface area contributed by atoms with Crippen LogP contribution in [0.5, 0.6) is 0 Å². The standard InChI is InChI=1S/C21H42O5/c1-3-5-6-7-8-9-10-11-13-23-15-17-25-19-21-26-20-18-24-16-14-22-12-4-2/h4H,2-3,5-21H2,1H3. The first-order valence-corrected chi connectivity index (χ1v) is 10.4. The van der Waals surface area contributed by atoms with Crippen molar-refractivity contribution in [1.82, 2.24) is 0 Å². The Balaban J connectivity index is 2.96. The zero-order valence-electron chi connectivity index (χ0n) is 17.1. The van der Waals surface area contributed by atoms with Crippen LogP contribution in [0.25, 0.3) is 0 Å². The largest absolute Gasteiger partial charge is 0.379 e. The Morgan fingerprint density at radius 3 is 1.35 bits per heavy atom. The van der Waals surface area contributed by atoms with Gasteiger partial charge in [0.15, 0.2) is 0 Å². The molecule has 0 aromatic carbocycles. The number of rotatable bonds is 23. The highest BCUT2D eigenvalue weighted by atomic mass is 16.6. The molecule has 0 amide bonds. The molecule has 0 rings (SSSR count). The maximum atomic E-state index is 5.57. The highest BCUT2D eigenvalue weighted by Gasteiger charge is 1.94. The first kappa shape index (κ1) is 25.5. The number of ether oxygens (including phenoxy) is 5. The van der Waals surface area contributed by atoms with Crippen molar-refractivity contribution in [2.24, 2.45) is 0 Å². The molecule has 5 nitrogen and oxygen atoms in total. The molecule has 26 heavy (non-hydrogen) atoms. The van der Waals surface area contributed by atoms with E-state index < -0.39 is 0 Å². The zero-order valence-corrected chi connectivity index (χ0v) is 17.1. The second-order valence-corrected chi connectivity index (χ2v) is 6.29. The third-order valence-electron chi connectivity index (χ3n) is 3.87. The van der Waals surface area contributed by atoms with Gasteiger partial charge in [-0.05, 0) is 6.42 Å². The van der Waals surface area contributed by atoms with Gasteiger partial charge in [-0.1, -0.05) is 57.9 Å². The summed E-state index contributed by atoms with van der Waals surface area (Å²) in [5.41, 5.74) is 0. The minimum Gasteiger partial charge on any atom is -0.379 e. The summed E-state index contributed by atoms with van der Waals surface area (Å²) in [6.45, 7) is 12.1. The molecule has 0 spiro atoms. The van der Waals surface area contributed by atoms with Crippen molar-refractivity contribution in [1.29, 1.82) is 0 Å². The molecule has 0 saturated carbocycles. The van der Waals surface area contributed by atoms with Crippen LogP contribution in [0.4, 0.5) is 0 Å². The van der Waals surface area contributed by atoms with Crippen molar-refractivity contribution in [3.63, 3.8) is 0 Å². The first-order valence-electron chi connectivity index (χ1n) is 10.4. The normalized spacial score (nSPS) is 11.1. The fourth-order valence-electron chi connectivity index (χ4n) is 2.38. The highest BCUT2D eigenvalue weighted by molar-refractivity contribution is 4.63. The molecule has 0 unspecified atom stereocenters. The van der Waals surface area contributed by atoms with Crippen molar-refractivity contribution in [2.75, 3.05) is 66.1 Å². The van der Waals surface area contributed by atoms with Crippen molar-refractivity contribution in [3.8, 4) is 0 Å². The number of hydrogen-bond donors (Lipinski definition) is 0. The smallest absolute Gasteiger partial charge is 0.0704 e. The van der Waals surface area contributed by atoms with Crippen molar-refractivity contribution < 1.29 is 23.7 Å². The van der Waals surface area contributed by atoms with Crippen LogP contribution in [0.15, 0.2) is 12.7 Å². The van der Waals surface area contributed by atoms with Crippen molar-refractivity contribution >= 4 is 0 Å². The van der Waals surface area contributed by atoms with Gasteiger partial charge in [0, 0.05) is 6.61 Å². The minimum absolute atomic E-state index is 0.569. The van der Waals surface area contributed by atoms with Crippen LogP contribution in [0.2, 0.25) is 0 Å². The second-order valence-electron chi connectivity index (χ2n) is 6.29. The van der Waals surface area contributed by atoms with Crippen molar-refractivity contribution in [3.05, 3.63) is 12.7 Å². The lowest BCUT2D eigenvalue weighted by Gasteiger charge is -2.07. The summed E-state index contributed by atoms with van der Waals surface area (Å²) in [5, 5.41) is 0. The van der Waals surface area contributed by atoms with Crippen LogP contribution in [0.1, 0.15) is 58.3 Å². The fourth-order valence-corrected chi connectivity index (χ4v) is 2.38. The maximum Gasteiger partial charge on any atom is 0.0704 e. The molecule has 0 aromatic rings. The number of unbranched alkanes of at least 4 members (excludes halogenated alkanes) is 7. The molecule has 0 aromatic heterocycles. The number of hydrogen-bond acceptors (Lipinski definition) is 5. The first-order chi connectivity index (χ1) is 12.9. The van der Waals surface area contributed by atoms with Crippen LogP contribution in [-0.2, 0) is 23.7 Å². The Morgan fingerprint density at radius 2 is 0.885 bits per heavy atom. The molecule has 0 aliphatic rings. The summed E-state index contributed by atoms with van der Waals surface area (Å²) in [6, 6.07) is 0. The van der Waals surface area contributed by atoms with Gasteiger partial charge in [0.05, 0.1) is 59.5 Å². The Kier molecular flexibility index (Phi) is 24.1. The Labute approximate surface area is 161 Å². The maximum absolute atomic E-state index is 5.57. The van der Waals surface area contributed by atoms with E-state index in [1.165, 1.54) is 44.9 Å². The molecule has 0 fully saturated rings. The van der Waals surface area contributed by atoms with Gasteiger partial charge in [0.1, 0.15) is 0 Å². The molecular weight excluding hydrogens is 332 g/mol. The van der Waals surface area contributed by atoms with Crippen LogP contribution in [0.3, 0.4) is 0 Å². The van der Waals surface area contributed by atoms with Crippen LogP contribution in [0, 0.1) is 0 Å². The summed E-state index contributed by atoms with van der Waals surface area (Å²) in [7, 11) is 0. The quantitative estimate of drug-likeness (QED) is 0.196. The monoisotopic (exact) mass is 374 g/mol. The van der Waals surface area contributed by atoms with E-state index in [1.807, 2.05) is 0 Å². The van der Waals surface area contributed by atoms with Gasteiger partial charge in [0.2, 0.25) is 0 Å². The topological polar surface area (TPSA) is 46.2 Å². The van der Waals surface area contributed by atoms with Crippen molar-refractivity contribution in [2.45, 2.75) is 58.3 Å². The van der Waals surface area contributed by atoms with E-state index in [0.717, 1.165) is 13.0 Å². The predicted octanol–water partition coefficient (Wildman–Crippen LogP) is 4.40. The predicted molar refractivity (Wildman–Crippen MR) is 107 cm³/mol. The lowest BCUT2D eigenvalue weighted by atomic mass is 10.1. The lowest BCUT2D eigenvalue weighted by molar-refractivity contribution is -0.00958. The molecule has 0 atom stereocenters. The fraction of sp³-hybridized carbons (Fsp3) is 0.905. The average molecular weight is 375 g/mol. The zero-order chi connectivity index (χ0) is 19.0. The van der Waals surface area contributed by atoms with E-state index in [0.29, 0.717) is 59.5 Å². The van der Waals surface area contributed by atoms with Gasteiger partial charge < -0.3 is 23.7 Å². The summed E-state index contributed by atoms with van der Waals surface area (Å²) >= 11 is 0. The molecule has 0 radical (unpaired) electrons. The average Bonchev–Trinajstić information content (AvgIpc) is 2.66. The van der Waals surface area contributed by atoms with Gasteiger partial charge in [0.25, 0.3) is 0 Å². The molecule has 0 aliphatic carbocycles. The summed E-state index contributed by atoms with van der Waals surface area (Å²) in [6.07, 6.45) is 12.4. The SMILES string of the molecule is C=CCOCCOCCOCCOCCOCCCCCCCCCC. The van der Waals surface area contributed by atoms with Crippen LogP contribution in [-0.4, -0.2) is 66.1 Å². The molecule has 5 heteroatoms. The Bertz CT molecular complexity index is 261. The molecule has 156 valence electrons. The molecular formula is C21H42O5. The van der Waals surface area contributed by atoms with Crippen LogP contribution < -0.4 is 0 Å². The second kappa shape index (κ2) is 24.5. The highest BCUT2D eigenvalue weighted by Crippen LogP contribution is 2.08.